The molecule has 0 heterocycles. The van der Waals surface area contributed by atoms with Crippen LogP contribution in [-0.4, -0.2) is 30.9 Å². The molecular weight excluding hydrogens is 234 g/mol. The smallest absolute Gasteiger partial charge is 0.220 e. The number of nitrogens with zero attached hydrogens (tertiary/aromatic N) is 3. The van der Waals surface area contributed by atoms with Crippen LogP contribution in [0.3, 0.4) is 0 Å². The largest absolute Gasteiger partial charge is 0.356 e. The number of hydrogen-bond acceptors (Lipinski definition) is 3. The molecule has 0 bridgehead atoms. The van der Waals surface area contributed by atoms with Gasteiger partial charge < -0.3 is 10.6 Å². The molecule has 0 spiro atoms. The number of carbonyl (C=O) groups is 2. The lowest BCUT2D eigenvalue weighted by Crippen LogP contribution is -2.30. The summed E-state index contributed by atoms with van der Waals surface area (Å²) in [4.78, 5) is 25.2. The molecule has 2 N–H and O–H groups in total. The molecule has 2 amide bonds. The molecule has 0 rings (SSSR count). The normalized spacial score (nSPS) is 9.72. The van der Waals surface area contributed by atoms with Crippen LogP contribution in [0.2, 0.25) is 0 Å². The fourth-order valence-electron chi connectivity index (χ4n) is 1.31. The lowest BCUT2D eigenvalue weighted by Gasteiger charge is -2.08. The van der Waals surface area contributed by atoms with Gasteiger partial charge in [-0.25, -0.2) is 0 Å². The molecule has 7 heteroatoms. The summed E-state index contributed by atoms with van der Waals surface area (Å²) in [5.74, 6) is -0.102. The van der Waals surface area contributed by atoms with E-state index in [0.29, 0.717) is 38.8 Å². The van der Waals surface area contributed by atoms with Gasteiger partial charge in [-0.05, 0) is 32.2 Å². The Balaban J connectivity index is 3.47. The summed E-state index contributed by atoms with van der Waals surface area (Å²) in [5, 5.41) is 8.83. The zero-order valence-corrected chi connectivity index (χ0v) is 11.0. The van der Waals surface area contributed by atoms with Gasteiger partial charge in [0.05, 0.1) is 0 Å². The Morgan fingerprint density at radius 1 is 1.22 bits per heavy atom. The van der Waals surface area contributed by atoms with Crippen LogP contribution in [0, 0.1) is 0 Å². The standard InChI is InChI=1S/C11H21N5O2/c1-9(2)15-11(18)6-3-5-10(17)13-7-4-8-14-16-12/h9H,3-8H2,1-2H3,(H,13,17)(H,15,18). The lowest BCUT2D eigenvalue weighted by atomic mass is 10.2. The third-order valence-electron chi connectivity index (χ3n) is 2.08. The van der Waals surface area contributed by atoms with E-state index >= 15 is 0 Å². The summed E-state index contributed by atoms with van der Waals surface area (Å²) in [7, 11) is 0. The van der Waals surface area contributed by atoms with E-state index in [2.05, 4.69) is 20.7 Å². The van der Waals surface area contributed by atoms with Crippen molar-refractivity contribution >= 4 is 11.8 Å². The second-order valence-corrected chi connectivity index (χ2v) is 4.23. The highest BCUT2D eigenvalue weighted by Gasteiger charge is 2.05. The zero-order chi connectivity index (χ0) is 13.8. The summed E-state index contributed by atoms with van der Waals surface area (Å²) >= 11 is 0. The first-order chi connectivity index (χ1) is 8.56. The molecule has 0 unspecified atom stereocenters. The van der Waals surface area contributed by atoms with Crippen molar-refractivity contribution in [1.29, 1.82) is 0 Å². The molecule has 0 aromatic heterocycles. The van der Waals surface area contributed by atoms with Crippen LogP contribution in [0.25, 0.3) is 10.4 Å². The van der Waals surface area contributed by atoms with Gasteiger partial charge in [-0.1, -0.05) is 5.11 Å². The summed E-state index contributed by atoms with van der Waals surface area (Å²) < 4.78 is 0. The predicted octanol–water partition coefficient (Wildman–Crippen LogP) is 1.50. The van der Waals surface area contributed by atoms with Crippen molar-refractivity contribution in [2.24, 2.45) is 5.11 Å². The van der Waals surface area contributed by atoms with E-state index in [-0.39, 0.29) is 17.9 Å². The molecule has 7 nitrogen and oxygen atoms in total. The van der Waals surface area contributed by atoms with E-state index in [4.69, 9.17) is 5.53 Å². The Labute approximate surface area is 107 Å². The van der Waals surface area contributed by atoms with Crippen molar-refractivity contribution < 1.29 is 9.59 Å². The minimum atomic E-state index is -0.0757. The maximum Gasteiger partial charge on any atom is 0.220 e. The number of azide groups is 1. The van der Waals surface area contributed by atoms with Crippen molar-refractivity contribution in [2.75, 3.05) is 13.1 Å². The van der Waals surface area contributed by atoms with E-state index in [9.17, 15) is 9.59 Å². The summed E-state index contributed by atoms with van der Waals surface area (Å²) in [6, 6.07) is 0.131. The van der Waals surface area contributed by atoms with Crippen LogP contribution >= 0.6 is 0 Å². The topological polar surface area (TPSA) is 107 Å². The second-order valence-electron chi connectivity index (χ2n) is 4.23. The van der Waals surface area contributed by atoms with E-state index in [1.165, 1.54) is 0 Å². The lowest BCUT2D eigenvalue weighted by molar-refractivity contribution is -0.122. The van der Waals surface area contributed by atoms with Crippen LogP contribution < -0.4 is 10.6 Å². The monoisotopic (exact) mass is 255 g/mol. The molecule has 0 aromatic rings. The van der Waals surface area contributed by atoms with Gasteiger partial charge in [0.25, 0.3) is 0 Å². The molecule has 0 aliphatic heterocycles. The van der Waals surface area contributed by atoms with E-state index in [0.717, 1.165) is 0 Å². The van der Waals surface area contributed by atoms with Gasteiger partial charge >= 0.3 is 0 Å². The second kappa shape index (κ2) is 10.4. The number of nitrogens with one attached hydrogen (secondary N) is 2. The minimum Gasteiger partial charge on any atom is -0.356 e. The molecule has 0 saturated carbocycles. The fourth-order valence-corrected chi connectivity index (χ4v) is 1.31. The first-order valence-corrected chi connectivity index (χ1v) is 6.13. The Kier molecular flexibility index (Phi) is 9.40. The average Bonchev–Trinajstić information content (AvgIpc) is 2.27. The van der Waals surface area contributed by atoms with Crippen molar-refractivity contribution in [3.63, 3.8) is 0 Å². The molecule has 0 radical (unpaired) electrons. The van der Waals surface area contributed by atoms with Crippen molar-refractivity contribution in [2.45, 2.75) is 45.6 Å². The van der Waals surface area contributed by atoms with Gasteiger partial charge in [0.2, 0.25) is 11.8 Å². The van der Waals surface area contributed by atoms with Gasteiger partial charge in [-0.15, -0.1) is 0 Å². The van der Waals surface area contributed by atoms with Crippen molar-refractivity contribution in [3.8, 4) is 0 Å². The number of carbonyl (C=O) groups excluding carboxylic acids is 2. The van der Waals surface area contributed by atoms with Crippen LogP contribution in [-0.2, 0) is 9.59 Å². The molecule has 0 atom stereocenters. The predicted molar refractivity (Wildman–Crippen MR) is 68.8 cm³/mol. The average molecular weight is 255 g/mol. The van der Waals surface area contributed by atoms with Crippen molar-refractivity contribution in [3.05, 3.63) is 10.4 Å². The first-order valence-electron chi connectivity index (χ1n) is 6.13. The Morgan fingerprint density at radius 3 is 2.50 bits per heavy atom. The third-order valence-corrected chi connectivity index (χ3v) is 2.08. The molecule has 18 heavy (non-hydrogen) atoms. The molecule has 0 saturated heterocycles. The molecule has 0 aromatic carbocycles. The van der Waals surface area contributed by atoms with Gasteiger partial charge in [-0.3, -0.25) is 9.59 Å². The van der Waals surface area contributed by atoms with E-state index in [1.54, 1.807) is 0 Å². The summed E-state index contributed by atoms with van der Waals surface area (Å²) in [6.45, 7) is 4.67. The van der Waals surface area contributed by atoms with E-state index in [1.807, 2.05) is 13.8 Å². The van der Waals surface area contributed by atoms with Crippen LogP contribution in [0.15, 0.2) is 5.11 Å². The van der Waals surface area contributed by atoms with Crippen LogP contribution in [0.1, 0.15) is 39.5 Å². The Hall–Kier alpha value is -1.75. The minimum absolute atomic E-state index is 0.0267. The third kappa shape index (κ3) is 10.8. The Morgan fingerprint density at radius 2 is 1.89 bits per heavy atom. The molecule has 102 valence electrons. The summed E-state index contributed by atoms with van der Waals surface area (Å²) in [6.07, 6.45) is 1.88. The van der Waals surface area contributed by atoms with Crippen molar-refractivity contribution in [1.82, 2.24) is 10.6 Å². The highest BCUT2D eigenvalue weighted by Crippen LogP contribution is 1.96. The number of hydrogen-bond donors (Lipinski definition) is 2. The molecule has 0 fully saturated rings. The van der Waals surface area contributed by atoms with Crippen LogP contribution in [0.4, 0.5) is 0 Å². The SMILES string of the molecule is CC(C)NC(=O)CCCC(=O)NCCCN=[N+]=[N-]. The van der Waals surface area contributed by atoms with Gasteiger partial charge in [0, 0.05) is 36.9 Å². The zero-order valence-electron chi connectivity index (χ0n) is 11.0. The highest BCUT2D eigenvalue weighted by atomic mass is 16.2. The summed E-state index contributed by atoms with van der Waals surface area (Å²) in [5.41, 5.74) is 8.04. The fraction of sp³-hybridized carbons (Fsp3) is 0.818. The Bertz CT molecular complexity index is 311. The quantitative estimate of drug-likeness (QED) is 0.282. The maximum absolute atomic E-state index is 11.3. The first kappa shape index (κ1) is 16.2. The molecule has 0 aliphatic rings. The van der Waals surface area contributed by atoms with E-state index < -0.39 is 0 Å². The number of rotatable bonds is 9. The molecular formula is C11H21N5O2. The van der Waals surface area contributed by atoms with Gasteiger partial charge in [0.15, 0.2) is 0 Å². The maximum atomic E-state index is 11.3. The molecule has 0 aliphatic carbocycles. The van der Waals surface area contributed by atoms with Crippen LogP contribution in [0.5, 0.6) is 0 Å². The van der Waals surface area contributed by atoms with Gasteiger partial charge in [-0.2, -0.15) is 0 Å². The highest BCUT2D eigenvalue weighted by molar-refractivity contribution is 5.78. The van der Waals surface area contributed by atoms with Gasteiger partial charge in [0.1, 0.15) is 0 Å². The number of amides is 2.